The maximum Gasteiger partial charge on any atom is 0.311 e. The van der Waals surface area contributed by atoms with E-state index in [2.05, 4.69) is 5.32 Å². The molecule has 0 fully saturated rings. The minimum Gasteiger partial charge on any atom is -0.497 e. The van der Waals surface area contributed by atoms with Crippen molar-refractivity contribution in [1.29, 1.82) is 0 Å². The third kappa shape index (κ3) is 5.43. The fraction of sp³-hybridized carbons (Fsp3) is 0.263. The molecular weight excluding hydrogens is 306 g/mol. The largest absolute Gasteiger partial charge is 0.497 e. The highest BCUT2D eigenvalue weighted by atomic mass is 16.5. The summed E-state index contributed by atoms with van der Waals surface area (Å²) in [6, 6.07) is 16.7. The molecule has 0 aliphatic carbocycles. The average Bonchev–Trinajstić information content (AvgIpc) is 2.61. The van der Waals surface area contributed by atoms with Gasteiger partial charge >= 0.3 is 5.97 Å². The van der Waals surface area contributed by atoms with E-state index in [0.29, 0.717) is 6.54 Å². The third-order valence-electron chi connectivity index (χ3n) is 3.49. The number of nitrogens with one attached hydrogen (secondary N) is 1. The molecule has 0 aliphatic rings. The van der Waals surface area contributed by atoms with E-state index in [0.717, 1.165) is 16.9 Å². The molecule has 126 valence electrons. The van der Waals surface area contributed by atoms with E-state index in [1.807, 2.05) is 30.3 Å². The monoisotopic (exact) mass is 327 g/mol. The van der Waals surface area contributed by atoms with Gasteiger partial charge in [-0.05, 0) is 30.2 Å². The van der Waals surface area contributed by atoms with Gasteiger partial charge in [-0.2, -0.15) is 0 Å². The van der Waals surface area contributed by atoms with Crippen LogP contribution in [0.1, 0.15) is 18.1 Å². The van der Waals surface area contributed by atoms with E-state index in [1.54, 1.807) is 38.3 Å². The first-order chi connectivity index (χ1) is 11.6. The predicted molar refractivity (Wildman–Crippen MR) is 90.5 cm³/mol. The van der Waals surface area contributed by atoms with Crippen molar-refractivity contribution >= 4 is 11.9 Å². The predicted octanol–water partition coefficient (Wildman–Crippen LogP) is 2.49. The number of ether oxygens (including phenoxy) is 2. The van der Waals surface area contributed by atoms with Crippen molar-refractivity contribution in [3.05, 3.63) is 65.7 Å². The number of carbonyl (C=O) groups is 2. The van der Waals surface area contributed by atoms with Crippen molar-refractivity contribution in [3.8, 4) is 5.75 Å². The quantitative estimate of drug-likeness (QED) is 0.794. The zero-order valence-corrected chi connectivity index (χ0v) is 13.8. The van der Waals surface area contributed by atoms with Crippen molar-refractivity contribution in [3.63, 3.8) is 0 Å². The first kappa shape index (κ1) is 17.5. The molecule has 0 bridgehead atoms. The Kier molecular flexibility index (Phi) is 6.37. The summed E-state index contributed by atoms with van der Waals surface area (Å²) >= 11 is 0. The fourth-order valence-electron chi connectivity index (χ4n) is 2.13. The van der Waals surface area contributed by atoms with Gasteiger partial charge in [0.15, 0.2) is 6.10 Å². The molecule has 0 saturated heterocycles. The van der Waals surface area contributed by atoms with Crippen LogP contribution in [-0.2, 0) is 27.3 Å². The number of hydrogen-bond acceptors (Lipinski definition) is 4. The van der Waals surface area contributed by atoms with Gasteiger partial charge in [-0.3, -0.25) is 9.59 Å². The van der Waals surface area contributed by atoms with Gasteiger partial charge in [-0.15, -0.1) is 0 Å². The summed E-state index contributed by atoms with van der Waals surface area (Å²) in [5.74, 6) is -0.0368. The van der Waals surface area contributed by atoms with Crippen LogP contribution in [0.2, 0.25) is 0 Å². The highest BCUT2D eigenvalue weighted by molar-refractivity contribution is 5.83. The molecule has 2 rings (SSSR count). The van der Waals surface area contributed by atoms with Crippen LogP contribution in [0.4, 0.5) is 0 Å². The second-order valence-corrected chi connectivity index (χ2v) is 5.36. The Bertz CT molecular complexity index is 668. The second kappa shape index (κ2) is 8.72. The summed E-state index contributed by atoms with van der Waals surface area (Å²) in [5.41, 5.74) is 1.79. The van der Waals surface area contributed by atoms with Crippen molar-refractivity contribution in [2.24, 2.45) is 0 Å². The van der Waals surface area contributed by atoms with Gasteiger partial charge in [0, 0.05) is 6.54 Å². The molecule has 0 radical (unpaired) electrons. The SMILES string of the molecule is COc1ccc(CC(=O)OC(C)C(=O)NCc2ccccc2)cc1. The Morgan fingerprint density at radius 2 is 1.67 bits per heavy atom. The maximum absolute atomic E-state index is 12.0. The summed E-state index contributed by atoms with van der Waals surface area (Å²) in [4.78, 5) is 23.9. The second-order valence-electron chi connectivity index (χ2n) is 5.36. The number of hydrogen-bond donors (Lipinski definition) is 1. The molecule has 5 heteroatoms. The summed E-state index contributed by atoms with van der Waals surface area (Å²) in [6.45, 7) is 1.96. The Hall–Kier alpha value is -2.82. The zero-order chi connectivity index (χ0) is 17.4. The first-order valence-electron chi connectivity index (χ1n) is 7.72. The Morgan fingerprint density at radius 1 is 1.00 bits per heavy atom. The lowest BCUT2D eigenvalue weighted by atomic mass is 10.1. The molecule has 24 heavy (non-hydrogen) atoms. The third-order valence-corrected chi connectivity index (χ3v) is 3.49. The fourth-order valence-corrected chi connectivity index (χ4v) is 2.13. The van der Waals surface area contributed by atoms with E-state index in [9.17, 15) is 9.59 Å². The number of carbonyl (C=O) groups excluding carboxylic acids is 2. The van der Waals surface area contributed by atoms with Gasteiger partial charge < -0.3 is 14.8 Å². The lowest BCUT2D eigenvalue weighted by Crippen LogP contribution is -2.35. The van der Waals surface area contributed by atoms with Gasteiger partial charge in [-0.25, -0.2) is 0 Å². The van der Waals surface area contributed by atoms with Gasteiger partial charge in [0.05, 0.1) is 13.5 Å². The smallest absolute Gasteiger partial charge is 0.311 e. The van der Waals surface area contributed by atoms with Crippen molar-refractivity contribution in [2.75, 3.05) is 7.11 Å². The van der Waals surface area contributed by atoms with E-state index >= 15 is 0 Å². The molecule has 0 aliphatic heterocycles. The number of rotatable bonds is 7. The minimum absolute atomic E-state index is 0.111. The number of benzene rings is 2. The van der Waals surface area contributed by atoms with Crippen LogP contribution in [0.5, 0.6) is 5.75 Å². The van der Waals surface area contributed by atoms with Crippen LogP contribution in [0.3, 0.4) is 0 Å². The highest BCUT2D eigenvalue weighted by Crippen LogP contribution is 2.12. The van der Waals surface area contributed by atoms with Gasteiger partial charge in [0.2, 0.25) is 0 Å². The molecule has 0 saturated carbocycles. The van der Waals surface area contributed by atoms with Crippen LogP contribution in [0.25, 0.3) is 0 Å². The number of esters is 1. The van der Waals surface area contributed by atoms with E-state index in [-0.39, 0.29) is 12.3 Å². The summed E-state index contributed by atoms with van der Waals surface area (Å²) < 4.78 is 10.2. The minimum atomic E-state index is -0.834. The lowest BCUT2D eigenvalue weighted by Gasteiger charge is -2.13. The van der Waals surface area contributed by atoms with Crippen molar-refractivity contribution in [1.82, 2.24) is 5.32 Å². The van der Waals surface area contributed by atoms with Crippen LogP contribution in [0.15, 0.2) is 54.6 Å². The molecule has 2 aromatic rings. The first-order valence-corrected chi connectivity index (χ1v) is 7.72. The molecule has 1 atom stereocenters. The van der Waals surface area contributed by atoms with Crippen LogP contribution >= 0.6 is 0 Å². The molecule has 0 spiro atoms. The summed E-state index contributed by atoms with van der Waals surface area (Å²) in [7, 11) is 1.58. The lowest BCUT2D eigenvalue weighted by molar-refractivity contribution is -0.154. The van der Waals surface area contributed by atoms with E-state index in [4.69, 9.17) is 9.47 Å². The molecule has 1 N–H and O–H groups in total. The van der Waals surface area contributed by atoms with E-state index < -0.39 is 12.1 Å². The summed E-state index contributed by atoms with van der Waals surface area (Å²) in [5, 5.41) is 2.75. The summed E-state index contributed by atoms with van der Waals surface area (Å²) in [6.07, 6.45) is -0.722. The van der Waals surface area contributed by atoms with Crippen LogP contribution in [-0.4, -0.2) is 25.1 Å². The standard InChI is InChI=1S/C19H21NO4/c1-14(19(22)20-13-16-6-4-3-5-7-16)24-18(21)12-15-8-10-17(23-2)11-9-15/h3-11,14H,12-13H2,1-2H3,(H,20,22). The molecule has 1 amide bonds. The van der Waals surface area contributed by atoms with Crippen LogP contribution < -0.4 is 10.1 Å². The Balaban J connectivity index is 1.78. The van der Waals surface area contributed by atoms with E-state index in [1.165, 1.54) is 0 Å². The highest BCUT2D eigenvalue weighted by Gasteiger charge is 2.17. The Labute approximate surface area is 141 Å². The molecule has 1 unspecified atom stereocenters. The topological polar surface area (TPSA) is 64.6 Å². The molecular formula is C19H21NO4. The number of amides is 1. The van der Waals surface area contributed by atoms with Gasteiger partial charge in [0.25, 0.3) is 5.91 Å². The van der Waals surface area contributed by atoms with Gasteiger partial charge in [-0.1, -0.05) is 42.5 Å². The average molecular weight is 327 g/mol. The molecule has 2 aromatic carbocycles. The molecule has 0 heterocycles. The van der Waals surface area contributed by atoms with Crippen LogP contribution in [0, 0.1) is 0 Å². The van der Waals surface area contributed by atoms with Crippen molar-refractivity contribution in [2.45, 2.75) is 26.0 Å². The molecule has 0 aromatic heterocycles. The normalized spacial score (nSPS) is 11.4. The molecule has 5 nitrogen and oxygen atoms in total. The Morgan fingerprint density at radius 3 is 2.29 bits per heavy atom. The van der Waals surface area contributed by atoms with Crippen molar-refractivity contribution < 1.29 is 19.1 Å². The van der Waals surface area contributed by atoms with Gasteiger partial charge in [0.1, 0.15) is 5.75 Å². The zero-order valence-electron chi connectivity index (χ0n) is 13.8. The maximum atomic E-state index is 12.0. The number of methoxy groups -OCH3 is 1.